The number of carbonyl (C=O) groups excluding carboxylic acids is 1. The summed E-state index contributed by atoms with van der Waals surface area (Å²) in [5.41, 5.74) is 16.5. The molecule has 0 unspecified atom stereocenters. The van der Waals surface area contributed by atoms with Gasteiger partial charge in [0, 0.05) is 11.8 Å². The Kier molecular flexibility index (Phi) is 3.32. The van der Waals surface area contributed by atoms with E-state index in [-0.39, 0.29) is 28.7 Å². The minimum Gasteiger partial charge on any atom is -0.383 e. The van der Waals surface area contributed by atoms with Gasteiger partial charge in [-0.25, -0.2) is 4.98 Å². The number of primary amides is 1. The third kappa shape index (κ3) is 2.47. The number of rotatable bonds is 2. The maximum atomic E-state index is 12.6. The van der Waals surface area contributed by atoms with Crippen LogP contribution in [0.1, 0.15) is 15.9 Å². The van der Waals surface area contributed by atoms with E-state index in [9.17, 15) is 18.0 Å². The van der Waals surface area contributed by atoms with Crippen LogP contribution in [0.15, 0.2) is 30.5 Å². The van der Waals surface area contributed by atoms with Gasteiger partial charge < -0.3 is 17.2 Å². The van der Waals surface area contributed by atoms with Crippen LogP contribution < -0.4 is 17.2 Å². The number of hydrogen-bond acceptors (Lipinski definition) is 5. The van der Waals surface area contributed by atoms with Crippen LogP contribution in [-0.4, -0.2) is 20.3 Å². The molecular weight excluding hydrogens is 325 g/mol. The molecule has 0 bridgehead atoms. The number of nitrogens with two attached hydrogens (primary N) is 3. The Morgan fingerprint density at radius 1 is 1.08 bits per heavy atom. The van der Waals surface area contributed by atoms with Gasteiger partial charge in [0.1, 0.15) is 17.3 Å². The van der Waals surface area contributed by atoms with Crippen LogP contribution in [0.5, 0.6) is 0 Å². The zero-order valence-electron chi connectivity index (χ0n) is 12.0. The van der Waals surface area contributed by atoms with Crippen molar-refractivity contribution >= 4 is 23.3 Å². The van der Waals surface area contributed by atoms with Gasteiger partial charge in [0.15, 0.2) is 0 Å². The lowest BCUT2D eigenvalue weighted by atomic mass is 10.1. The molecule has 0 atom stereocenters. The second-order valence-corrected chi connectivity index (χ2v) is 4.99. The minimum atomic E-state index is -4.44. The smallest absolute Gasteiger partial charge is 0.383 e. The number of nitrogen functional groups attached to an aromatic ring is 2. The molecule has 0 saturated carbocycles. The van der Waals surface area contributed by atoms with Crippen molar-refractivity contribution in [2.24, 2.45) is 5.73 Å². The molecule has 10 heteroatoms. The number of fused-ring (bicyclic) bond motifs is 1. The molecule has 24 heavy (non-hydrogen) atoms. The quantitative estimate of drug-likeness (QED) is 0.656. The van der Waals surface area contributed by atoms with Gasteiger partial charge in [-0.1, -0.05) is 12.1 Å². The van der Waals surface area contributed by atoms with Crippen molar-refractivity contribution in [2.75, 3.05) is 11.5 Å². The molecule has 1 amide bonds. The first-order valence-electron chi connectivity index (χ1n) is 6.60. The molecule has 0 fully saturated rings. The first-order valence-corrected chi connectivity index (χ1v) is 6.60. The molecule has 124 valence electrons. The fourth-order valence-electron chi connectivity index (χ4n) is 2.22. The number of nitrogens with zero attached hydrogens (tertiary/aromatic N) is 3. The number of imidazole rings is 1. The Morgan fingerprint density at radius 3 is 2.25 bits per heavy atom. The summed E-state index contributed by atoms with van der Waals surface area (Å²) in [6, 6.07) is 4.35. The first-order chi connectivity index (χ1) is 11.2. The first kappa shape index (κ1) is 15.6. The Balaban J connectivity index is 2.13. The van der Waals surface area contributed by atoms with Crippen molar-refractivity contribution in [1.29, 1.82) is 0 Å². The predicted molar refractivity (Wildman–Crippen MR) is 80.8 cm³/mol. The predicted octanol–water partition coefficient (Wildman–Crippen LogP) is 1.68. The second-order valence-electron chi connectivity index (χ2n) is 4.99. The minimum absolute atomic E-state index is 0.0365. The van der Waals surface area contributed by atoms with Crippen LogP contribution in [0.2, 0.25) is 0 Å². The summed E-state index contributed by atoms with van der Waals surface area (Å²) in [7, 11) is 0. The van der Waals surface area contributed by atoms with Crippen molar-refractivity contribution in [1.82, 2.24) is 14.4 Å². The molecule has 2 aromatic heterocycles. The summed E-state index contributed by atoms with van der Waals surface area (Å²) >= 11 is 0. The molecular formula is C14H11F3N6O. The number of amides is 1. The number of anilines is 2. The molecule has 0 aliphatic rings. The molecule has 0 spiro atoms. The van der Waals surface area contributed by atoms with E-state index in [0.717, 1.165) is 12.1 Å². The number of benzene rings is 1. The summed E-state index contributed by atoms with van der Waals surface area (Å²) in [5, 5.41) is 0. The topological polar surface area (TPSA) is 125 Å². The van der Waals surface area contributed by atoms with Crippen molar-refractivity contribution in [2.45, 2.75) is 6.18 Å². The average molecular weight is 336 g/mol. The maximum absolute atomic E-state index is 12.6. The zero-order chi connectivity index (χ0) is 17.6. The monoisotopic (exact) mass is 336 g/mol. The SMILES string of the molecule is NC(=O)c1cn2c(N)c(-c3ccc(C(F)(F)F)cc3)nc2nc1N. The fourth-order valence-corrected chi connectivity index (χ4v) is 2.22. The van der Waals surface area contributed by atoms with E-state index in [1.54, 1.807) is 0 Å². The number of hydrogen-bond donors (Lipinski definition) is 3. The van der Waals surface area contributed by atoms with Crippen molar-refractivity contribution < 1.29 is 18.0 Å². The highest BCUT2D eigenvalue weighted by atomic mass is 19.4. The van der Waals surface area contributed by atoms with Gasteiger partial charge in [0.25, 0.3) is 5.91 Å². The van der Waals surface area contributed by atoms with E-state index in [0.29, 0.717) is 5.56 Å². The normalized spacial score (nSPS) is 11.8. The summed E-state index contributed by atoms with van der Waals surface area (Å²) in [5.74, 6) is -0.699. The van der Waals surface area contributed by atoms with E-state index in [2.05, 4.69) is 9.97 Å². The number of aromatic nitrogens is 3. The molecule has 0 aliphatic carbocycles. The van der Waals surface area contributed by atoms with Gasteiger partial charge in [0.2, 0.25) is 5.78 Å². The number of alkyl halides is 3. The Hall–Kier alpha value is -3.30. The Bertz CT molecular complexity index is 946. The summed E-state index contributed by atoms with van der Waals surface area (Å²) in [6.07, 6.45) is -3.15. The highest BCUT2D eigenvalue weighted by Crippen LogP contribution is 2.32. The molecule has 1 aromatic carbocycles. The fraction of sp³-hybridized carbons (Fsp3) is 0.0714. The summed E-state index contributed by atoms with van der Waals surface area (Å²) in [4.78, 5) is 19.4. The second kappa shape index (κ2) is 5.11. The Labute approximate surface area is 132 Å². The standard InChI is InChI=1S/C14H11F3N6O/c15-14(16,17)7-3-1-6(2-4-7)9-11(19)23-5-8(12(20)24)10(18)22-13(23)21-9/h1-5H,19H2,(H2,20,24)(H2,18,21,22). The maximum Gasteiger partial charge on any atom is 0.416 e. The van der Waals surface area contributed by atoms with Gasteiger partial charge in [-0.2, -0.15) is 18.2 Å². The van der Waals surface area contributed by atoms with Crippen LogP contribution in [0.3, 0.4) is 0 Å². The highest BCUT2D eigenvalue weighted by molar-refractivity contribution is 5.97. The van der Waals surface area contributed by atoms with E-state index in [4.69, 9.17) is 17.2 Å². The molecule has 7 nitrogen and oxygen atoms in total. The molecule has 0 aliphatic heterocycles. The van der Waals surface area contributed by atoms with E-state index >= 15 is 0 Å². The zero-order valence-corrected chi connectivity index (χ0v) is 12.0. The van der Waals surface area contributed by atoms with Crippen molar-refractivity contribution in [3.05, 3.63) is 41.6 Å². The number of carbonyl (C=O) groups is 1. The Morgan fingerprint density at radius 2 is 1.71 bits per heavy atom. The van der Waals surface area contributed by atoms with E-state index in [1.807, 2.05) is 0 Å². The van der Waals surface area contributed by atoms with Crippen molar-refractivity contribution in [3.63, 3.8) is 0 Å². The van der Waals surface area contributed by atoms with Crippen LogP contribution in [-0.2, 0) is 6.18 Å². The van der Waals surface area contributed by atoms with Gasteiger partial charge in [-0.15, -0.1) is 0 Å². The van der Waals surface area contributed by atoms with Crippen LogP contribution >= 0.6 is 0 Å². The molecule has 3 rings (SSSR count). The third-order valence-corrected chi connectivity index (χ3v) is 3.44. The van der Waals surface area contributed by atoms with Gasteiger partial charge in [-0.05, 0) is 12.1 Å². The van der Waals surface area contributed by atoms with Crippen molar-refractivity contribution in [3.8, 4) is 11.3 Å². The van der Waals surface area contributed by atoms with Gasteiger partial charge in [-0.3, -0.25) is 9.20 Å². The lowest BCUT2D eigenvalue weighted by Gasteiger charge is -2.07. The molecule has 6 N–H and O–H groups in total. The average Bonchev–Trinajstić information content (AvgIpc) is 2.81. The molecule has 2 heterocycles. The molecule has 0 saturated heterocycles. The van der Waals surface area contributed by atoms with Gasteiger partial charge >= 0.3 is 6.18 Å². The highest BCUT2D eigenvalue weighted by Gasteiger charge is 2.30. The van der Waals surface area contributed by atoms with Crippen LogP contribution in [0, 0.1) is 0 Å². The van der Waals surface area contributed by atoms with Crippen LogP contribution in [0.25, 0.3) is 17.0 Å². The van der Waals surface area contributed by atoms with Gasteiger partial charge in [0.05, 0.1) is 11.1 Å². The molecule has 3 aromatic rings. The number of halogens is 3. The third-order valence-electron chi connectivity index (χ3n) is 3.44. The lowest BCUT2D eigenvalue weighted by molar-refractivity contribution is -0.137. The van der Waals surface area contributed by atoms with E-state index < -0.39 is 17.6 Å². The lowest BCUT2D eigenvalue weighted by Crippen LogP contribution is -2.16. The summed E-state index contributed by atoms with van der Waals surface area (Å²) < 4.78 is 39.2. The molecule has 0 radical (unpaired) electrons. The summed E-state index contributed by atoms with van der Waals surface area (Å²) in [6.45, 7) is 0. The largest absolute Gasteiger partial charge is 0.416 e. The van der Waals surface area contributed by atoms with Crippen LogP contribution in [0.4, 0.5) is 24.8 Å². The van der Waals surface area contributed by atoms with E-state index in [1.165, 1.54) is 22.7 Å².